The number of carbonyl (C=O) groups is 2. The first-order valence-corrected chi connectivity index (χ1v) is 10.7. The molecule has 4 rings (SSSR count). The number of benzene rings is 2. The van der Waals surface area contributed by atoms with Gasteiger partial charge in [-0.2, -0.15) is 0 Å². The minimum Gasteiger partial charge on any atom is -0.368 e. The molecule has 0 radical (unpaired) electrons. The summed E-state index contributed by atoms with van der Waals surface area (Å²) < 4.78 is 0. The van der Waals surface area contributed by atoms with Gasteiger partial charge in [-0.3, -0.25) is 9.69 Å². The average Bonchev–Trinajstić information content (AvgIpc) is 3.10. The van der Waals surface area contributed by atoms with E-state index >= 15 is 0 Å². The first-order chi connectivity index (χ1) is 14.4. The van der Waals surface area contributed by atoms with Crippen molar-refractivity contribution < 1.29 is 9.59 Å². The molecule has 0 aromatic heterocycles. The molecule has 6 nitrogen and oxygen atoms in total. The van der Waals surface area contributed by atoms with E-state index in [1.54, 1.807) is 21.9 Å². The van der Waals surface area contributed by atoms with E-state index in [2.05, 4.69) is 36.9 Å². The van der Waals surface area contributed by atoms with Gasteiger partial charge in [-0.15, -0.1) is 0 Å². The van der Waals surface area contributed by atoms with Crippen LogP contribution in [0.1, 0.15) is 11.1 Å². The number of anilines is 2. The maximum Gasteiger partial charge on any atom is 0.325 e. The Hall–Kier alpha value is -2.73. The maximum atomic E-state index is 12.8. The second kappa shape index (κ2) is 8.56. The molecule has 0 unspecified atom stereocenters. The number of piperazine rings is 1. The number of nitrogens with zero attached hydrogens (tertiary/aromatic N) is 4. The fourth-order valence-electron chi connectivity index (χ4n) is 4.11. The average molecular weight is 427 g/mol. The second-order valence-electron chi connectivity index (χ2n) is 7.99. The zero-order valence-corrected chi connectivity index (χ0v) is 18.2. The lowest BCUT2D eigenvalue weighted by Gasteiger charge is -2.37. The molecule has 0 spiro atoms. The lowest BCUT2D eigenvalue weighted by Crippen LogP contribution is -2.51. The van der Waals surface area contributed by atoms with E-state index in [0.29, 0.717) is 31.2 Å². The van der Waals surface area contributed by atoms with E-state index in [1.807, 2.05) is 17.0 Å². The number of carbonyl (C=O) groups excluding carboxylic acids is 2. The molecule has 30 heavy (non-hydrogen) atoms. The SMILES string of the molecule is Cc1ccc(C)c(N2CCN(C(=O)CN3CCN(c4ccc(Cl)cc4)C3=O)CC2)c1. The van der Waals surface area contributed by atoms with Crippen molar-refractivity contribution in [3.8, 4) is 0 Å². The lowest BCUT2D eigenvalue weighted by molar-refractivity contribution is -0.131. The van der Waals surface area contributed by atoms with Crippen LogP contribution in [0.5, 0.6) is 0 Å². The first kappa shape index (κ1) is 20.5. The highest BCUT2D eigenvalue weighted by Crippen LogP contribution is 2.24. The maximum absolute atomic E-state index is 12.8. The molecule has 2 aliphatic heterocycles. The van der Waals surface area contributed by atoms with Crippen LogP contribution >= 0.6 is 11.6 Å². The van der Waals surface area contributed by atoms with Crippen molar-refractivity contribution in [2.75, 3.05) is 55.6 Å². The van der Waals surface area contributed by atoms with Crippen molar-refractivity contribution in [1.82, 2.24) is 9.80 Å². The summed E-state index contributed by atoms with van der Waals surface area (Å²) in [7, 11) is 0. The van der Waals surface area contributed by atoms with Gasteiger partial charge in [0.25, 0.3) is 0 Å². The quantitative estimate of drug-likeness (QED) is 0.751. The summed E-state index contributed by atoms with van der Waals surface area (Å²) >= 11 is 5.94. The molecule has 0 aliphatic carbocycles. The largest absolute Gasteiger partial charge is 0.368 e. The highest BCUT2D eigenvalue weighted by molar-refractivity contribution is 6.30. The van der Waals surface area contributed by atoms with Gasteiger partial charge in [0.05, 0.1) is 0 Å². The summed E-state index contributed by atoms with van der Waals surface area (Å²) in [6, 6.07) is 13.6. The van der Waals surface area contributed by atoms with Crippen LogP contribution in [0, 0.1) is 13.8 Å². The van der Waals surface area contributed by atoms with Crippen LogP contribution in [-0.2, 0) is 4.79 Å². The highest BCUT2D eigenvalue weighted by Gasteiger charge is 2.32. The Morgan fingerprint density at radius 2 is 1.63 bits per heavy atom. The van der Waals surface area contributed by atoms with Gasteiger partial charge < -0.3 is 14.7 Å². The van der Waals surface area contributed by atoms with Crippen molar-refractivity contribution in [3.63, 3.8) is 0 Å². The molecular formula is C23H27ClN4O2. The van der Waals surface area contributed by atoms with Gasteiger partial charge in [0, 0.05) is 55.7 Å². The molecule has 0 N–H and O–H groups in total. The molecule has 0 saturated carbocycles. The Morgan fingerprint density at radius 3 is 2.33 bits per heavy atom. The topological polar surface area (TPSA) is 47.1 Å². The highest BCUT2D eigenvalue weighted by atomic mass is 35.5. The van der Waals surface area contributed by atoms with Gasteiger partial charge in [0.15, 0.2) is 0 Å². The summed E-state index contributed by atoms with van der Waals surface area (Å²) in [5.74, 6) is 0.0157. The Morgan fingerprint density at radius 1 is 0.933 bits per heavy atom. The number of hydrogen-bond donors (Lipinski definition) is 0. The van der Waals surface area contributed by atoms with E-state index < -0.39 is 0 Å². The first-order valence-electron chi connectivity index (χ1n) is 10.3. The Kier molecular flexibility index (Phi) is 5.86. The number of hydrogen-bond acceptors (Lipinski definition) is 3. The number of halogens is 1. The van der Waals surface area contributed by atoms with E-state index in [9.17, 15) is 9.59 Å². The van der Waals surface area contributed by atoms with Gasteiger partial charge in [0.1, 0.15) is 6.54 Å². The minimum atomic E-state index is -0.125. The van der Waals surface area contributed by atoms with Crippen LogP contribution in [0.3, 0.4) is 0 Å². The zero-order chi connectivity index (χ0) is 21.3. The predicted octanol–water partition coefficient (Wildman–Crippen LogP) is 3.55. The van der Waals surface area contributed by atoms with Crippen molar-refractivity contribution in [2.24, 2.45) is 0 Å². The van der Waals surface area contributed by atoms with Crippen molar-refractivity contribution in [2.45, 2.75) is 13.8 Å². The third-order valence-corrected chi connectivity index (χ3v) is 6.15. The fraction of sp³-hybridized carbons (Fsp3) is 0.391. The summed E-state index contributed by atoms with van der Waals surface area (Å²) in [5.41, 5.74) is 4.55. The normalized spacial score (nSPS) is 17.1. The second-order valence-corrected chi connectivity index (χ2v) is 8.43. The Labute approximate surface area is 182 Å². The molecule has 2 fully saturated rings. The molecular weight excluding hydrogens is 400 g/mol. The molecule has 0 bridgehead atoms. The third-order valence-electron chi connectivity index (χ3n) is 5.90. The molecule has 2 saturated heterocycles. The zero-order valence-electron chi connectivity index (χ0n) is 17.5. The summed E-state index contributed by atoms with van der Waals surface area (Å²) in [6.45, 7) is 8.45. The van der Waals surface area contributed by atoms with Gasteiger partial charge >= 0.3 is 6.03 Å². The van der Waals surface area contributed by atoms with Crippen molar-refractivity contribution in [3.05, 3.63) is 58.6 Å². The summed E-state index contributed by atoms with van der Waals surface area (Å²) in [6.07, 6.45) is 0. The van der Waals surface area contributed by atoms with Crippen LogP contribution in [0.25, 0.3) is 0 Å². The predicted molar refractivity (Wildman–Crippen MR) is 120 cm³/mol. The fourth-order valence-corrected chi connectivity index (χ4v) is 4.24. The third kappa shape index (κ3) is 4.24. The van der Waals surface area contributed by atoms with Crippen LogP contribution in [0.4, 0.5) is 16.2 Å². The lowest BCUT2D eigenvalue weighted by atomic mass is 10.1. The van der Waals surface area contributed by atoms with E-state index in [1.165, 1.54) is 16.8 Å². The smallest absolute Gasteiger partial charge is 0.325 e. The molecule has 2 heterocycles. The van der Waals surface area contributed by atoms with Gasteiger partial charge in [-0.05, 0) is 55.3 Å². The van der Waals surface area contributed by atoms with Gasteiger partial charge in [-0.25, -0.2) is 4.79 Å². The molecule has 2 aliphatic rings. The van der Waals surface area contributed by atoms with Crippen molar-refractivity contribution >= 4 is 34.9 Å². The number of aryl methyl sites for hydroxylation is 2. The number of amides is 3. The monoisotopic (exact) mass is 426 g/mol. The van der Waals surface area contributed by atoms with E-state index in [0.717, 1.165) is 18.8 Å². The Bertz CT molecular complexity index is 939. The number of urea groups is 1. The molecule has 0 atom stereocenters. The molecule has 2 aromatic carbocycles. The van der Waals surface area contributed by atoms with Gasteiger partial charge in [0.2, 0.25) is 5.91 Å². The number of rotatable bonds is 4. The van der Waals surface area contributed by atoms with E-state index in [4.69, 9.17) is 11.6 Å². The minimum absolute atomic E-state index is 0.0157. The molecule has 158 valence electrons. The van der Waals surface area contributed by atoms with E-state index in [-0.39, 0.29) is 18.5 Å². The van der Waals surface area contributed by atoms with Crippen LogP contribution in [-0.4, -0.2) is 67.6 Å². The van der Waals surface area contributed by atoms with Crippen LogP contribution < -0.4 is 9.80 Å². The molecule has 7 heteroatoms. The Balaban J connectivity index is 1.32. The van der Waals surface area contributed by atoms with Crippen molar-refractivity contribution in [1.29, 1.82) is 0 Å². The van der Waals surface area contributed by atoms with Crippen LogP contribution in [0.2, 0.25) is 5.02 Å². The standard InChI is InChI=1S/C23H27ClN4O2/c1-17-3-4-18(2)21(15-17)25-9-11-26(12-10-25)22(29)16-27-13-14-28(23(27)30)20-7-5-19(24)6-8-20/h3-8,15H,9-14,16H2,1-2H3. The summed E-state index contributed by atoms with van der Waals surface area (Å²) in [5, 5.41) is 0.637. The van der Waals surface area contributed by atoms with Crippen LogP contribution in [0.15, 0.2) is 42.5 Å². The molecule has 2 aromatic rings. The van der Waals surface area contributed by atoms with Gasteiger partial charge in [-0.1, -0.05) is 23.7 Å². The molecule has 3 amide bonds. The summed E-state index contributed by atoms with van der Waals surface area (Å²) in [4.78, 5) is 33.1.